The highest BCUT2D eigenvalue weighted by molar-refractivity contribution is 6.30. The van der Waals surface area contributed by atoms with E-state index in [-0.39, 0.29) is 5.91 Å². The SMILES string of the molecule is Cc1cc(C)c2nc(-c3ccc(Cl)cc3)cc(C(=O)Nc3ccccc3C)c2c1. The van der Waals surface area contributed by atoms with Crippen LogP contribution in [0, 0.1) is 20.8 Å². The minimum absolute atomic E-state index is 0.146. The number of nitrogens with zero attached hydrogens (tertiary/aromatic N) is 1. The Morgan fingerprint density at radius 1 is 0.897 bits per heavy atom. The zero-order valence-corrected chi connectivity index (χ0v) is 17.3. The molecule has 0 aliphatic rings. The predicted octanol–water partition coefficient (Wildman–Crippen LogP) is 6.73. The Labute approximate surface area is 175 Å². The number of hydrogen-bond acceptors (Lipinski definition) is 2. The number of pyridine rings is 1. The van der Waals surface area contributed by atoms with Crippen LogP contribution in [-0.4, -0.2) is 10.9 Å². The van der Waals surface area contributed by atoms with Crippen molar-refractivity contribution in [3.8, 4) is 11.3 Å². The highest BCUT2D eigenvalue weighted by Gasteiger charge is 2.16. The van der Waals surface area contributed by atoms with Gasteiger partial charge in [0, 0.05) is 21.7 Å². The number of aryl methyl sites for hydroxylation is 3. The first kappa shape index (κ1) is 19.2. The number of amides is 1. The summed E-state index contributed by atoms with van der Waals surface area (Å²) in [6, 6.07) is 21.2. The number of para-hydroxylation sites is 1. The van der Waals surface area contributed by atoms with Gasteiger partial charge in [0.1, 0.15) is 0 Å². The summed E-state index contributed by atoms with van der Waals surface area (Å²) < 4.78 is 0. The number of halogens is 1. The Morgan fingerprint density at radius 3 is 2.34 bits per heavy atom. The van der Waals surface area contributed by atoms with Gasteiger partial charge in [0.05, 0.1) is 16.8 Å². The van der Waals surface area contributed by atoms with Gasteiger partial charge in [0.2, 0.25) is 0 Å². The molecule has 144 valence electrons. The first-order chi connectivity index (χ1) is 13.9. The Balaban J connectivity index is 1.89. The van der Waals surface area contributed by atoms with Crippen molar-refractivity contribution in [3.05, 3.63) is 94.0 Å². The molecule has 29 heavy (non-hydrogen) atoms. The minimum Gasteiger partial charge on any atom is -0.322 e. The maximum atomic E-state index is 13.3. The maximum absolute atomic E-state index is 13.3. The van der Waals surface area contributed by atoms with E-state index in [0.29, 0.717) is 10.6 Å². The van der Waals surface area contributed by atoms with Crippen molar-refractivity contribution in [3.63, 3.8) is 0 Å². The standard InChI is InChI=1S/C25H21ClN2O/c1-15-12-17(3)24-20(13-15)21(25(29)28-22-7-5-4-6-16(22)2)14-23(27-24)18-8-10-19(26)11-9-18/h4-14H,1-3H3,(H,28,29). The van der Waals surface area contributed by atoms with E-state index in [2.05, 4.69) is 11.4 Å². The summed E-state index contributed by atoms with van der Waals surface area (Å²) in [5, 5.41) is 4.58. The fourth-order valence-electron chi connectivity index (χ4n) is 3.54. The summed E-state index contributed by atoms with van der Waals surface area (Å²) in [6.45, 7) is 6.04. The molecular formula is C25H21ClN2O. The first-order valence-corrected chi connectivity index (χ1v) is 9.85. The van der Waals surface area contributed by atoms with Crippen molar-refractivity contribution >= 4 is 34.1 Å². The zero-order valence-electron chi connectivity index (χ0n) is 16.6. The number of benzene rings is 3. The lowest BCUT2D eigenvalue weighted by molar-refractivity contribution is 0.102. The highest BCUT2D eigenvalue weighted by Crippen LogP contribution is 2.29. The predicted molar refractivity (Wildman–Crippen MR) is 121 cm³/mol. The Morgan fingerprint density at radius 2 is 1.62 bits per heavy atom. The molecule has 3 aromatic carbocycles. The molecule has 3 nitrogen and oxygen atoms in total. The lowest BCUT2D eigenvalue weighted by Gasteiger charge is -2.14. The molecule has 1 amide bonds. The van der Waals surface area contributed by atoms with Crippen LogP contribution >= 0.6 is 11.6 Å². The number of aromatic nitrogens is 1. The normalized spacial score (nSPS) is 10.9. The second kappa shape index (κ2) is 7.69. The van der Waals surface area contributed by atoms with Crippen LogP contribution < -0.4 is 5.32 Å². The minimum atomic E-state index is -0.146. The molecular weight excluding hydrogens is 380 g/mol. The van der Waals surface area contributed by atoms with Crippen LogP contribution in [0.15, 0.2) is 66.7 Å². The van der Waals surface area contributed by atoms with E-state index >= 15 is 0 Å². The van der Waals surface area contributed by atoms with Gasteiger partial charge in [-0.25, -0.2) is 4.98 Å². The quantitative estimate of drug-likeness (QED) is 0.414. The summed E-state index contributed by atoms with van der Waals surface area (Å²) in [7, 11) is 0. The van der Waals surface area contributed by atoms with Gasteiger partial charge in [-0.1, -0.05) is 53.6 Å². The van der Waals surface area contributed by atoms with Crippen LogP contribution in [0.25, 0.3) is 22.2 Å². The van der Waals surface area contributed by atoms with E-state index in [4.69, 9.17) is 16.6 Å². The lowest BCUT2D eigenvalue weighted by Crippen LogP contribution is -2.14. The third-order valence-electron chi connectivity index (χ3n) is 5.03. The molecule has 0 saturated carbocycles. The van der Waals surface area contributed by atoms with E-state index in [1.54, 1.807) is 0 Å². The van der Waals surface area contributed by atoms with E-state index in [1.165, 1.54) is 0 Å². The van der Waals surface area contributed by atoms with Gasteiger partial charge in [-0.05, 0) is 62.2 Å². The molecule has 0 aliphatic heterocycles. The van der Waals surface area contributed by atoms with Crippen molar-refractivity contribution in [2.75, 3.05) is 5.32 Å². The van der Waals surface area contributed by atoms with E-state index < -0.39 is 0 Å². The smallest absolute Gasteiger partial charge is 0.256 e. The Bertz CT molecular complexity index is 1230. The second-order valence-corrected chi connectivity index (χ2v) is 7.75. The molecule has 0 aliphatic carbocycles. The molecule has 0 spiro atoms. The first-order valence-electron chi connectivity index (χ1n) is 9.47. The fraction of sp³-hybridized carbons (Fsp3) is 0.120. The molecule has 1 heterocycles. The third-order valence-corrected chi connectivity index (χ3v) is 5.28. The largest absolute Gasteiger partial charge is 0.322 e. The van der Waals surface area contributed by atoms with Crippen molar-refractivity contribution in [2.45, 2.75) is 20.8 Å². The molecule has 4 aromatic rings. The number of fused-ring (bicyclic) bond motifs is 1. The molecule has 4 heteroatoms. The van der Waals surface area contributed by atoms with Gasteiger partial charge in [-0.2, -0.15) is 0 Å². The van der Waals surface area contributed by atoms with Crippen LogP contribution in [0.2, 0.25) is 5.02 Å². The monoisotopic (exact) mass is 400 g/mol. The molecule has 0 fully saturated rings. The summed E-state index contributed by atoms with van der Waals surface area (Å²) >= 11 is 6.04. The molecule has 0 bridgehead atoms. The number of rotatable bonds is 3. The van der Waals surface area contributed by atoms with E-state index in [1.807, 2.05) is 81.4 Å². The molecule has 0 unspecified atom stereocenters. The Kier molecular flexibility index (Phi) is 5.08. The summed E-state index contributed by atoms with van der Waals surface area (Å²) in [6.07, 6.45) is 0. The van der Waals surface area contributed by atoms with Gasteiger partial charge in [0.25, 0.3) is 5.91 Å². The molecule has 0 atom stereocenters. The topological polar surface area (TPSA) is 42.0 Å². The van der Waals surface area contributed by atoms with Crippen LogP contribution in [0.5, 0.6) is 0 Å². The number of carbonyl (C=O) groups excluding carboxylic acids is 1. The molecule has 4 rings (SSSR count). The van der Waals surface area contributed by atoms with Crippen LogP contribution in [0.3, 0.4) is 0 Å². The van der Waals surface area contributed by atoms with Gasteiger partial charge in [-0.15, -0.1) is 0 Å². The van der Waals surface area contributed by atoms with Crippen LogP contribution in [0.1, 0.15) is 27.0 Å². The van der Waals surface area contributed by atoms with Gasteiger partial charge in [-0.3, -0.25) is 4.79 Å². The van der Waals surface area contributed by atoms with Crippen molar-refractivity contribution in [1.82, 2.24) is 4.98 Å². The molecule has 1 N–H and O–H groups in total. The summed E-state index contributed by atoms with van der Waals surface area (Å²) in [5.41, 5.74) is 7.07. The molecule has 0 saturated heterocycles. The maximum Gasteiger partial charge on any atom is 0.256 e. The van der Waals surface area contributed by atoms with Crippen molar-refractivity contribution < 1.29 is 4.79 Å². The van der Waals surface area contributed by atoms with Gasteiger partial charge in [0.15, 0.2) is 0 Å². The highest BCUT2D eigenvalue weighted by atomic mass is 35.5. The van der Waals surface area contributed by atoms with E-state index in [9.17, 15) is 4.79 Å². The molecule has 1 aromatic heterocycles. The lowest BCUT2D eigenvalue weighted by atomic mass is 9.99. The van der Waals surface area contributed by atoms with Crippen LogP contribution in [0.4, 0.5) is 5.69 Å². The van der Waals surface area contributed by atoms with Crippen LogP contribution in [-0.2, 0) is 0 Å². The van der Waals surface area contributed by atoms with E-state index in [0.717, 1.165) is 44.5 Å². The van der Waals surface area contributed by atoms with Crippen molar-refractivity contribution in [2.24, 2.45) is 0 Å². The average Bonchev–Trinajstić information content (AvgIpc) is 2.69. The number of nitrogens with one attached hydrogen (secondary N) is 1. The average molecular weight is 401 g/mol. The zero-order chi connectivity index (χ0) is 20.5. The summed E-state index contributed by atoms with van der Waals surface area (Å²) in [4.78, 5) is 18.1. The van der Waals surface area contributed by atoms with Crippen molar-refractivity contribution in [1.29, 1.82) is 0 Å². The number of hydrogen-bond donors (Lipinski definition) is 1. The van der Waals surface area contributed by atoms with Gasteiger partial charge >= 0.3 is 0 Å². The number of anilines is 1. The Hall–Kier alpha value is -3.17. The van der Waals surface area contributed by atoms with Gasteiger partial charge < -0.3 is 5.32 Å². The third kappa shape index (κ3) is 3.87. The molecule has 0 radical (unpaired) electrons. The number of carbonyl (C=O) groups is 1. The summed E-state index contributed by atoms with van der Waals surface area (Å²) in [5.74, 6) is -0.146. The second-order valence-electron chi connectivity index (χ2n) is 7.31. The fourth-order valence-corrected chi connectivity index (χ4v) is 3.67.